The Labute approximate surface area is 105 Å². The van der Waals surface area contributed by atoms with Crippen LogP contribution in [0.3, 0.4) is 0 Å². The van der Waals surface area contributed by atoms with Crippen molar-refractivity contribution in [3.05, 3.63) is 24.3 Å². The molecule has 2 aromatic rings. The molecule has 0 amide bonds. The highest BCUT2D eigenvalue weighted by atomic mass is 35.5. The maximum Gasteiger partial charge on any atom is 0.183 e. The molecular weight excluding hydrogens is 240 g/mol. The lowest BCUT2D eigenvalue weighted by atomic mass is 10.2. The van der Waals surface area contributed by atoms with Gasteiger partial charge in [0.05, 0.1) is 10.2 Å². The van der Waals surface area contributed by atoms with E-state index in [0.29, 0.717) is 0 Å². The van der Waals surface area contributed by atoms with Gasteiger partial charge in [0.2, 0.25) is 0 Å². The van der Waals surface area contributed by atoms with Gasteiger partial charge in [0.1, 0.15) is 0 Å². The summed E-state index contributed by atoms with van der Waals surface area (Å²) < 4.78 is 1.23. The number of hydrogen-bond acceptors (Lipinski definition) is 3. The van der Waals surface area contributed by atoms with Crippen LogP contribution in [0.4, 0.5) is 5.13 Å². The van der Waals surface area contributed by atoms with Crippen molar-refractivity contribution in [2.45, 2.75) is 25.1 Å². The molecule has 16 heavy (non-hydrogen) atoms. The van der Waals surface area contributed by atoms with Gasteiger partial charge in [0.15, 0.2) is 5.13 Å². The summed E-state index contributed by atoms with van der Waals surface area (Å²) in [6.45, 7) is 2.97. The molecule has 1 N–H and O–H groups in total. The van der Waals surface area contributed by atoms with Gasteiger partial charge in [0, 0.05) is 11.9 Å². The number of nitrogens with zero attached hydrogens (tertiary/aromatic N) is 1. The molecule has 0 fully saturated rings. The molecule has 86 valence electrons. The summed E-state index contributed by atoms with van der Waals surface area (Å²) >= 11 is 7.58. The van der Waals surface area contributed by atoms with Gasteiger partial charge in [-0.25, -0.2) is 4.98 Å². The second-order valence-corrected chi connectivity index (χ2v) is 5.61. The number of alkyl halides is 1. The molecule has 2 nitrogen and oxygen atoms in total. The van der Waals surface area contributed by atoms with Crippen LogP contribution in [-0.4, -0.2) is 16.9 Å². The van der Waals surface area contributed by atoms with Crippen molar-refractivity contribution in [1.82, 2.24) is 4.98 Å². The van der Waals surface area contributed by atoms with Crippen LogP contribution in [0.5, 0.6) is 0 Å². The summed E-state index contributed by atoms with van der Waals surface area (Å²) in [5.74, 6) is 0. The van der Waals surface area contributed by atoms with Crippen molar-refractivity contribution < 1.29 is 0 Å². The third-order valence-corrected chi connectivity index (χ3v) is 3.56. The van der Waals surface area contributed by atoms with E-state index in [9.17, 15) is 0 Å². The minimum absolute atomic E-state index is 0.261. The van der Waals surface area contributed by atoms with Crippen LogP contribution in [0.2, 0.25) is 0 Å². The topological polar surface area (TPSA) is 24.9 Å². The van der Waals surface area contributed by atoms with E-state index in [4.69, 9.17) is 11.6 Å². The minimum atomic E-state index is 0.261. The number of aromatic nitrogens is 1. The average molecular weight is 255 g/mol. The molecule has 0 aliphatic heterocycles. The first-order chi connectivity index (χ1) is 7.75. The highest BCUT2D eigenvalue weighted by Crippen LogP contribution is 2.25. The molecule has 0 saturated carbocycles. The van der Waals surface area contributed by atoms with Crippen molar-refractivity contribution in [3.8, 4) is 0 Å². The molecule has 0 spiro atoms. The molecule has 0 radical (unpaired) electrons. The Morgan fingerprint density at radius 3 is 3.00 bits per heavy atom. The number of fused-ring (bicyclic) bond motifs is 1. The molecule has 4 heteroatoms. The molecule has 2 rings (SSSR count). The summed E-state index contributed by atoms with van der Waals surface area (Å²) in [6, 6.07) is 8.19. The number of anilines is 1. The Morgan fingerprint density at radius 2 is 2.25 bits per heavy atom. The van der Waals surface area contributed by atoms with Crippen molar-refractivity contribution in [2.75, 3.05) is 11.9 Å². The van der Waals surface area contributed by atoms with Crippen LogP contribution in [0.25, 0.3) is 10.2 Å². The Morgan fingerprint density at radius 1 is 1.44 bits per heavy atom. The van der Waals surface area contributed by atoms with E-state index in [0.717, 1.165) is 30.0 Å². The second kappa shape index (κ2) is 5.51. The third-order valence-electron chi connectivity index (χ3n) is 2.35. The molecule has 1 aromatic heterocycles. The number of nitrogens with one attached hydrogen (secondary N) is 1. The molecule has 0 saturated heterocycles. The zero-order chi connectivity index (χ0) is 11.4. The second-order valence-electron chi connectivity index (χ2n) is 3.84. The van der Waals surface area contributed by atoms with Gasteiger partial charge < -0.3 is 5.32 Å². The fraction of sp³-hybridized carbons (Fsp3) is 0.417. The van der Waals surface area contributed by atoms with Crippen LogP contribution in [0.15, 0.2) is 24.3 Å². The monoisotopic (exact) mass is 254 g/mol. The Kier molecular flexibility index (Phi) is 4.02. The number of benzene rings is 1. The summed E-state index contributed by atoms with van der Waals surface area (Å²) in [5.41, 5.74) is 1.07. The predicted octanol–water partition coefficient (Wildman–Crippen LogP) is 4.12. The zero-order valence-corrected chi connectivity index (χ0v) is 10.8. The minimum Gasteiger partial charge on any atom is -0.361 e. The summed E-state index contributed by atoms with van der Waals surface area (Å²) in [5, 5.41) is 4.60. The largest absolute Gasteiger partial charge is 0.361 e. The van der Waals surface area contributed by atoms with Gasteiger partial charge in [-0.2, -0.15) is 0 Å². The SMILES string of the molecule is CC(Cl)CCCNc1nc2ccccc2s1. The van der Waals surface area contributed by atoms with Crippen LogP contribution in [0.1, 0.15) is 19.8 Å². The van der Waals surface area contributed by atoms with E-state index in [1.165, 1.54) is 4.70 Å². The van der Waals surface area contributed by atoms with Crippen molar-refractivity contribution >= 4 is 38.3 Å². The lowest BCUT2D eigenvalue weighted by Gasteiger charge is -2.03. The van der Waals surface area contributed by atoms with Crippen LogP contribution < -0.4 is 5.32 Å². The molecule has 1 atom stereocenters. The molecular formula is C12H15ClN2S. The molecule has 1 aromatic carbocycles. The summed E-state index contributed by atoms with van der Waals surface area (Å²) in [4.78, 5) is 4.50. The Balaban J connectivity index is 1.89. The highest BCUT2D eigenvalue weighted by Gasteiger charge is 2.02. The number of thiazole rings is 1. The van der Waals surface area contributed by atoms with Gasteiger partial charge in [0.25, 0.3) is 0 Å². The van der Waals surface area contributed by atoms with Gasteiger partial charge in [-0.3, -0.25) is 0 Å². The number of halogens is 1. The first-order valence-corrected chi connectivity index (χ1v) is 6.74. The van der Waals surface area contributed by atoms with E-state index in [-0.39, 0.29) is 5.38 Å². The lowest BCUT2D eigenvalue weighted by molar-refractivity contribution is 0.750. The third kappa shape index (κ3) is 3.09. The first-order valence-electron chi connectivity index (χ1n) is 5.49. The Bertz CT molecular complexity index is 420. The average Bonchev–Trinajstić information content (AvgIpc) is 2.66. The predicted molar refractivity (Wildman–Crippen MR) is 72.7 cm³/mol. The van der Waals surface area contributed by atoms with Gasteiger partial charge in [-0.15, -0.1) is 11.6 Å². The van der Waals surface area contributed by atoms with Crippen LogP contribution in [0, 0.1) is 0 Å². The number of rotatable bonds is 5. The quantitative estimate of drug-likeness (QED) is 0.641. The molecule has 0 aliphatic rings. The maximum absolute atomic E-state index is 5.88. The zero-order valence-electron chi connectivity index (χ0n) is 9.24. The molecule has 0 aliphatic carbocycles. The summed E-state index contributed by atoms with van der Waals surface area (Å²) in [6.07, 6.45) is 2.13. The van der Waals surface area contributed by atoms with Crippen molar-refractivity contribution in [2.24, 2.45) is 0 Å². The van der Waals surface area contributed by atoms with Crippen molar-refractivity contribution in [1.29, 1.82) is 0 Å². The number of para-hydroxylation sites is 1. The fourth-order valence-corrected chi connectivity index (χ4v) is 2.57. The van der Waals surface area contributed by atoms with E-state index < -0.39 is 0 Å². The van der Waals surface area contributed by atoms with E-state index in [1.54, 1.807) is 11.3 Å². The van der Waals surface area contributed by atoms with Gasteiger partial charge in [-0.1, -0.05) is 23.5 Å². The fourth-order valence-electron chi connectivity index (χ4n) is 1.53. The summed E-state index contributed by atoms with van der Waals surface area (Å²) in [7, 11) is 0. The molecule has 0 bridgehead atoms. The highest BCUT2D eigenvalue weighted by molar-refractivity contribution is 7.22. The normalized spacial score (nSPS) is 12.9. The molecule has 1 heterocycles. The standard InChI is InChI=1S/C12H15ClN2S/c1-9(13)5-4-8-14-12-15-10-6-2-3-7-11(10)16-12/h2-3,6-7,9H,4-5,8H2,1H3,(H,14,15). The van der Waals surface area contributed by atoms with E-state index >= 15 is 0 Å². The smallest absolute Gasteiger partial charge is 0.183 e. The van der Waals surface area contributed by atoms with Crippen LogP contribution >= 0.6 is 22.9 Å². The van der Waals surface area contributed by atoms with E-state index in [2.05, 4.69) is 16.4 Å². The van der Waals surface area contributed by atoms with Crippen LogP contribution in [-0.2, 0) is 0 Å². The lowest BCUT2D eigenvalue weighted by Crippen LogP contribution is -2.03. The number of hydrogen-bond donors (Lipinski definition) is 1. The first kappa shape index (κ1) is 11.7. The van der Waals surface area contributed by atoms with Gasteiger partial charge in [-0.05, 0) is 31.9 Å². The Hall–Kier alpha value is -0.800. The molecule has 1 unspecified atom stereocenters. The maximum atomic E-state index is 5.88. The van der Waals surface area contributed by atoms with E-state index in [1.807, 2.05) is 25.1 Å². The van der Waals surface area contributed by atoms with Gasteiger partial charge >= 0.3 is 0 Å². The van der Waals surface area contributed by atoms with Crippen molar-refractivity contribution in [3.63, 3.8) is 0 Å².